The van der Waals surface area contributed by atoms with Crippen molar-refractivity contribution in [1.29, 1.82) is 0 Å². The van der Waals surface area contributed by atoms with Gasteiger partial charge in [0.2, 0.25) is 5.91 Å². The van der Waals surface area contributed by atoms with Crippen LogP contribution >= 0.6 is 0 Å². The number of aryl methyl sites for hydroxylation is 1. The first kappa shape index (κ1) is 13.5. The second kappa shape index (κ2) is 5.79. The van der Waals surface area contributed by atoms with Crippen LogP contribution in [0.25, 0.3) is 11.0 Å². The maximum atomic E-state index is 11.1. The Morgan fingerprint density at radius 1 is 1.47 bits per heavy atom. The number of amides is 1. The van der Waals surface area contributed by atoms with E-state index in [4.69, 9.17) is 5.73 Å². The van der Waals surface area contributed by atoms with E-state index < -0.39 is 0 Å². The average molecular weight is 261 g/mol. The lowest BCUT2D eigenvalue weighted by molar-refractivity contribution is -0.117. The largest absolute Gasteiger partial charge is 0.369 e. The predicted octanol–water partition coefficient (Wildman–Crippen LogP) is 0.411. The van der Waals surface area contributed by atoms with Crippen molar-refractivity contribution in [2.45, 2.75) is 19.4 Å². The Balaban J connectivity index is 2.25. The van der Waals surface area contributed by atoms with Crippen molar-refractivity contribution >= 4 is 16.9 Å². The fraction of sp³-hybridized carbons (Fsp3) is 0.462. The molecule has 0 radical (unpaired) electrons. The molecule has 0 atom stereocenters. The van der Waals surface area contributed by atoms with E-state index in [1.807, 2.05) is 30.9 Å². The first-order valence-corrected chi connectivity index (χ1v) is 6.31. The quantitative estimate of drug-likeness (QED) is 0.817. The summed E-state index contributed by atoms with van der Waals surface area (Å²) in [6, 6.07) is 3.77. The van der Waals surface area contributed by atoms with Crippen molar-refractivity contribution in [3.05, 3.63) is 24.0 Å². The number of rotatable bonds is 6. The van der Waals surface area contributed by atoms with Gasteiger partial charge < -0.3 is 10.6 Å². The molecule has 6 nitrogen and oxygen atoms in total. The van der Waals surface area contributed by atoms with Gasteiger partial charge in [-0.3, -0.25) is 4.79 Å². The molecule has 0 fully saturated rings. The molecular weight excluding hydrogens is 242 g/mol. The van der Waals surface area contributed by atoms with Gasteiger partial charge in [-0.15, -0.1) is 0 Å². The van der Waals surface area contributed by atoms with Crippen LogP contribution in [0.15, 0.2) is 18.3 Å². The minimum absolute atomic E-state index is 0.156. The van der Waals surface area contributed by atoms with Gasteiger partial charge in [0.1, 0.15) is 0 Å². The number of fused-ring (bicyclic) bond motifs is 1. The Morgan fingerprint density at radius 3 is 2.95 bits per heavy atom. The fourth-order valence-electron chi connectivity index (χ4n) is 2.06. The van der Waals surface area contributed by atoms with Gasteiger partial charge in [0, 0.05) is 18.1 Å². The number of primary amides is 1. The second-order valence-electron chi connectivity index (χ2n) is 4.84. The molecule has 102 valence electrons. The van der Waals surface area contributed by atoms with Crippen LogP contribution in [0.5, 0.6) is 0 Å². The normalized spacial score (nSPS) is 11.3. The number of carbonyl (C=O) groups excluding carboxylic acids is 1. The SMILES string of the molecule is CN(C)CCCn1nc(CC(N)=O)c2cccnc21. The summed E-state index contributed by atoms with van der Waals surface area (Å²) in [5, 5.41) is 5.37. The van der Waals surface area contributed by atoms with E-state index in [0.29, 0.717) is 5.69 Å². The third-order valence-electron chi connectivity index (χ3n) is 2.90. The predicted molar refractivity (Wildman–Crippen MR) is 73.6 cm³/mol. The second-order valence-corrected chi connectivity index (χ2v) is 4.84. The molecule has 0 aliphatic carbocycles. The van der Waals surface area contributed by atoms with Gasteiger partial charge in [-0.25, -0.2) is 9.67 Å². The number of carbonyl (C=O) groups is 1. The smallest absolute Gasteiger partial charge is 0.223 e. The van der Waals surface area contributed by atoms with E-state index >= 15 is 0 Å². The van der Waals surface area contributed by atoms with Gasteiger partial charge in [0.15, 0.2) is 5.65 Å². The zero-order valence-corrected chi connectivity index (χ0v) is 11.3. The maximum absolute atomic E-state index is 11.1. The van der Waals surface area contributed by atoms with E-state index in [1.54, 1.807) is 6.20 Å². The number of hydrogen-bond donors (Lipinski definition) is 1. The van der Waals surface area contributed by atoms with Crippen LogP contribution in [0.2, 0.25) is 0 Å². The molecule has 19 heavy (non-hydrogen) atoms. The Labute approximate surface area is 112 Å². The van der Waals surface area contributed by atoms with Crippen LogP contribution < -0.4 is 5.73 Å². The van der Waals surface area contributed by atoms with E-state index in [1.165, 1.54) is 0 Å². The summed E-state index contributed by atoms with van der Waals surface area (Å²) in [5.74, 6) is -0.372. The molecule has 0 unspecified atom stereocenters. The molecule has 0 saturated carbocycles. The highest BCUT2D eigenvalue weighted by molar-refractivity contribution is 5.85. The molecule has 2 aromatic heterocycles. The summed E-state index contributed by atoms with van der Waals surface area (Å²) in [6.45, 7) is 1.77. The molecular formula is C13H19N5O. The molecule has 0 aliphatic heterocycles. The van der Waals surface area contributed by atoms with E-state index in [9.17, 15) is 4.79 Å². The molecule has 0 saturated heterocycles. The van der Waals surface area contributed by atoms with Crippen molar-refractivity contribution in [2.24, 2.45) is 5.73 Å². The highest BCUT2D eigenvalue weighted by Gasteiger charge is 2.12. The molecule has 2 N–H and O–H groups in total. The van der Waals surface area contributed by atoms with Crippen molar-refractivity contribution in [2.75, 3.05) is 20.6 Å². The van der Waals surface area contributed by atoms with Crippen LogP contribution in [0.1, 0.15) is 12.1 Å². The van der Waals surface area contributed by atoms with Crippen LogP contribution in [-0.2, 0) is 17.8 Å². The average Bonchev–Trinajstić information content (AvgIpc) is 2.67. The zero-order valence-electron chi connectivity index (χ0n) is 11.3. The maximum Gasteiger partial charge on any atom is 0.223 e. The van der Waals surface area contributed by atoms with Crippen molar-refractivity contribution in [1.82, 2.24) is 19.7 Å². The Morgan fingerprint density at radius 2 is 2.26 bits per heavy atom. The molecule has 0 bridgehead atoms. The molecule has 6 heteroatoms. The molecule has 0 aliphatic rings. The lowest BCUT2D eigenvalue weighted by atomic mass is 10.2. The highest BCUT2D eigenvalue weighted by atomic mass is 16.1. The molecule has 0 aromatic carbocycles. The Bertz CT molecular complexity index is 575. The van der Waals surface area contributed by atoms with Crippen LogP contribution in [0, 0.1) is 0 Å². The van der Waals surface area contributed by atoms with Gasteiger partial charge in [-0.2, -0.15) is 5.10 Å². The molecule has 1 amide bonds. The molecule has 2 rings (SSSR count). The summed E-state index contributed by atoms with van der Waals surface area (Å²) in [7, 11) is 4.08. The third-order valence-corrected chi connectivity index (χ3v) is 2.90. The Hall–Kier alpha value is -1.95. The minimum Gasteiger partial charge on any atom is -0.369 e. The number of pyridine rings is 1. The van der Waals surface area contributed by atoms with Gasteiger partial charge in [-0.1, -0.05) is 0 Å². The van der Waals surface area contributed by atoms with Gasteiger partial charge in [0.25, 0.3) is 0 Å². The van der Waals surface area contributed by atoms with E-state index in [-0.39, 0.29) is 12.3 Å². The molecule has 0 spiro atoms. The van der Waals surface area contributed by atoms with Gasteiger partial charge in [-0.05, 0) is 39.2 Å². The topological polar surface area (TPSA) is 77.0 Å². The first-order chi connectivity index (χ1) is 9.08. The van der Waals surface area contributed by atoms with Gasteiger partial charge >= 0.3 is 0 Å². The summed E-state index contributed by atoms with van der Waals surface area (Å²) >= 11 is 0. The van der Waals surface area contributed by atoms with Crippen molar-refractivity contribution in [3.63, 3.8) is 0 Å². The lowest BCUT2D eigenvalue weighted by Crippen LogP contribution is -2.16. The summed E-state index contributed by atoms with van der Waals surface area (Å²) < 4.78 is 1.86. The first-order valence-electron chi connectivity index (χ1n) is 6.31. The molecule has 2 heterocycles. The molecule has 2 aromatic rings. The minimum atomic E-state index is -0.372. The fourth-order valence-corrected chi connectivity index (χ4v) is 2.06. The number of nitrogens with two attached hydrogens (primary N) is 1. The van der Waals surface area contributed by atoms with Crippen molar-refractivity contribution in [3.8, 4) is 0 Å². The van der Waals surface area contributed by atoms with E-state index in [2.05, 4.69) is 15.0 Å². The number of aromatic nitrogens is 3. The van der Waals surface area contributed by atoms with E-state index in [0.717, 1.165) is 30.5 Å². The zero-order chi connectivity index (χ0) is 13.8. The highest BCUT2D eigenvalue weighted by Crippen LogP contribution is 2.16. The number of hydrogen-bond acceptors (Lipinski definition) is 4. The van der Waals surface area contributed by atoms with Gasteiger partial charge in [0.05, 0.1) is 12.1 Å². The monoisotopic (exact) mass is 261 g/mol. The summed E-state index contributed by atoms with van der Waals surface area (Å²) in [5.41, 5.74) is 6.78. The van der Waals surface area contributed by atoms with Crippen LogP contribution in [-0.4, -0.2) is 46.2 Å². The third kappa shape index (κ3) is 3.29. The summed E-state index contributed by atoms with van der Waals surface area (Å²) in [6.07, 6.45) is 2.87. The lowest BCUT2D eigenvalue weighted by Gasteiger charge is -2.09. The standard InChI is InChI=1S/C13H19N5O/c1-17(2)7-4-8-18-13-10(5-3-6-15-13)11(16-18)9-12(14)19/h3,5-6H,4,7-9H2,1-2H3,(H2,14,19). The number of nitrogens with zero attached hydrogens (tertiary/aromatic N) is 4. The van der Waals surface area contributed by atoms with Crippen LogP contribution in [0.4, 0.5) is 0 Å². The Kier molecular flexibility index (Phi) is 4.11. The van der Waals surface area contributed by atoms with Crippen molar-refractivity contribution < 1.29 is 4.79 Å². The summed E-state index contributed by atoms with van der Waals surface area (Å²) in [4.78, 5) is 17.5. The van der Waals surface area contributed by atoms with Crippen LogP contribution in [0.3, 0.4) is 0 Å².